The minimum absolute atomic E-state index is 0.0923. The molecule has 126 valence electrons. The lowest BCUT2D eigenvalue weighted by atomic mass is 10.2. The Balaban J connectivity index is 1.96. The van der Waals surface area contributed by atoms with Gasteiger partial charge >= 0.3 is 6.61 Å². The molecule has 1 heterocycles. The molecule has 0 unspecified atom stereocenters. The first kappa shape index (κ1) is 17.2. The molecule has 1 aromatic heterocycles. The van der Waals surface area contributed by atoms with Crippen LogP contribution in [0.4, 0.5) is 8.78 Å². The average molecular weight is 325 g/mol. The molecule has 1 N–H and O–H groups in total. The van der Waals surface area contributed by atoms with Crippen molar-refractivity contribution in [2.75, 3.05) is 13.2 Å². The van der Waals surface area contributed by atoms with E-state index in [0.717, 1.165) is 12.1 Å². The highest BCUT2D eigenvalue weighted by Crippen LogP contribution is 2.32. The van der Waals surface area contributed by atoms with Crippen LogP contribution in [0.2, 0.25) is 0 Å². The van der Waals surface area contributed by atoms with Crippen molar-refractivity contribution >= 4 is 0 Å². The molecule has 0 spiro atoms. The standard InChI is InChI=1S/C16H21F2N3O2/c1-3-22-14-6-4-5-12(15(14)23-16(17)18)11-19-9-7-13-8-10-21(2)20-13/h4-6,8,10,16,19H,3,7,9,11H2,1-2H3. The smallest absolute Gasteiger partial charge is 0.387 e. The maximum absolute atomic E-state index is 12.6. The van der Waals surface area contributed by atoms with Crippen LogP contribution in [0.15, 0.2) is 30.5 Å². The summed E-state index contributed by atoms with van der Waals surface area (Å²) >= 11 is 0. The number of para-hydroxylation sites is 1. The van der Waals surface area contributed by atoms with Gasteiger partial charge in [0.15, 0.2) is 11.5 Å². The number of halogens is 2. The van der Waals surface area contributed by atoms with Crippen molar-refractivity contribution in [3.05, 3.63) is 41.7 Å². The number of ether oxygens (including phenoxy) is 2. The monoisotopic (exact) mass is 325 g/mol. The zero-order chi connectivity index (χ0) is 16.7. The molecular weight excluding hydrogens is 304 g/mol. The molecule has 0 bridgehead atoms. The SMILES string of the molecule is CCOc1cccc(CNCCc2ccn(C)n2)c1OC(F)F. The second kappa shape index (κ2) is 8.47. The summed E-state index contributed by atoms with van der Waals surface area (Å²) in [5.41, 5.74) is 1.62. The van der Waals surface area contributed by atoms with Crippen molar-refractivity contribution in [1.82, 2.24) is 15.1 Å². The molecule has 2 rings (SSSR count). The van der Waals surface area contributed by atoms with E-state index >= 15 is 0 Å². The Kier molecular flexibility index (Phi) is 6.34. The van der Waals surface area contributed by atoms with Gasteiger partial charge in [-0.15, -0.1) is 0 Å². The van der Waals surface area contributed by atoms with Crippen LogP contribution in [0.3, 0.4) is 0 Å². The average Bonchev–Trinajstić information content (AvgIpc) is 2.92. The topological polar surface area (TPSA) is 48.3 Å². The summed E-state index contributed by atoms with van der Waals surface area (Å²) in [5, 5.41) is 7.50. The fourth-order valence-electron chi connectivity index (χ4n) is 2.23. The predicted octanol–water partition coefficient (Wildman–Crippen LogP) is 2.75. The van der Waals surface area contributed by atoms with Crippen LogP contribution < -0.4 is 14.8 Å². The van der Waals surface area contributed by atoms with Gasteiger partial charge in [-0.1, -0.05) is 12.1 Å². The lowest BCUT2D eigenvalue weighted by Gasteiger charge is -2.15. The van der Waals surface area contributed by atoms with Crippen LogP contribution in [0.1, 0.15) is 18.2 Å². The highest BCUT2D eigenvalue weighted by atomic mass is 19.3. The molecule has 0 atom stereocenters. The molecule has 0 fully saturated rings. The van der Waals surface area contributed by atoms with Crippen LogP contribution in [-0.2, 0) is 20.0 Å². The number of nitrogens with one attached hydrogen (secondary N) is 1. The van der Waals surface area contributed by atoms with Gasteiger partial charge in [-0.05, 0) is 19.1 Å². The minimum atomic E-state index is -2.89. The Hall–Kier alpha value is -2.15. The first-order chi connectivity index (χ1) is 11.1. The van der Waals surface area contributed by atoms with Crippen molar-refractivity contribution < 1.29 is 18.3 Å². The van der Waals surface area contributed by atoms with Gasteiger partial charge in [0.1, 0.15) is 0 Å². The van der Waals surface area contributed by atoms with E-state index in [-0.39, 0.29) is 5.75 Å². The summed E-state index contributed by atoms with van der Waals surface area (Å²) in [4.78, 5) is 0. The Labute approximate surface area is 134 Å². The molecule has 0 saturated carbocycles. The third kappa shape index (κ3) is 5.21. The zero-order valence-electron chi connectivity index (χ0n) is 13.3. The predicted molar refractivity (Wildman–Crippen MR) is 82.9 cm³/mol. The summed E-state index contributed by atoms with van der Waals surface area (Å²) in [6, 6.07) is 7.08. The quantitative estimate of drug-likeness (QED) is 0.720. The van der Waals surface area contributed by atoms with Crippen LogP contribution in [-0.4, -0.2) is 29.5 Å². The van der Waals surface area contributed by atoms with E-state index in [1.807, 2.05) is 19.3 Å². The number of benzene rings is 1. The van der Waals surface area contributed by atoms with Crippen LogP contribution in [0.5, 0.6) is 11.5 Å². The van der Waals surface area contributed by atoms with Crippen molar-refractivity contribution in [2.24, 2.45) is 7.05 Å². The second-order valence-corrected chi connectivity index (χ2v) is 4.96. The molecule has 0 radical (unpaired) electrons. The number of hydrogen-bond donors (Lipinski definition) is 1. The number of hydrogen-bond acceptors (Lipinski definition) is 4. The molecule has 7 heteroatoms. The molecule has 23 heavy (non-hydrogen) atoms. The maximum Gasteiger partial charge on any atom is 0.387 e. The van der Waals surface area contributed by atoms with Gasteiger partial charge < -0.3 is 14.8 Å². The molecule has 0 aliphatic rings. The van der Waals surface area contributed by atoms with E-state index in [2.05, 4.69) is 15.2 Å². The Morgan fingerprint density at radius 3 is 2.78 bits per heavy atom. The van der Waals surface area contributed by atoms with Crippen LogP contribution in [0.25, 0.3) is 0 Å². The highest BCUT2D eigenvalue weighted by molar-refractivity contribution is 5.46. The number of rotatable bonds is 9. The summed E-state index contributed by atoms with van der Waals surface area (Å²) in [5.74, 6) is 0.423. The summed E-state index contributed by atoms with van der Waals surface area (Å²) in [7, 11) is 1.87. The van der Waals surface area contributed by atoms with E-state index in [0.29, 0.717) is 31.0 Å². The van der Waals surface area contributed by atoms with Gasteiger partial charge in [0, 0.05) is 38.3 Å². The van der Waals surface area contributed by atoms with Crippen LogP contribution >= 0.6 is 0 Å². The number of aryl methyl sites for hydroxylation is 1. The maximum atomic E-state index is 12.6. The summed E-state index contributed by atoms with van der Waals surface area (Å²) in [6.07, 6.45) is 2.65. The Morgan fingerprint density at radius 1 is 1.30 bits per heavy atom. The summed E-state index contributed by atoms with van der Waals surface area (Å²) < 4.78 is 37.0. The highest BCUT2D eigenvalue weighted by Gasteiger charge is 2.15. The van der Waals surface area contributed by atoms with Gasteiger partial charge in [-0.3, -0.25) is 4.68 Å². The lowest BCUT2D eigenvalue weighted by Crippen LogP contribution is -2.18. The van der Waals surface area contributed by atoms with Crippen molar-refractivity contribution in [3.63, 3.8) is 0 Å². The van der Waals surface area contributed by atoms with Gasteiger partial charge in [0.25, 0.3) is 0 Å². The number of aromatic nitrogens is 2. The molecule has 0 aliphatic heterocycles. The van der Waals surface area contributed by atoms with E-state index in [4.69, 9.17) is 4.74 Å². The first-order valence-corrected chi connectivity index (χ1v) is 7.49. The Bertz CT molecular complexity index is 617. The molecule has 0 amide bonds. The van der Waals surface area contributed by atoms with E-state index in [1.54, 1.807) is 29.8 Å². The van der Waals surface area contributed by atoms with Gasteiger partial charge in [-0.2, -0.15) is 13.9 Å². The second-order valence-electron chi connectivity index (χ2n) is 4.96. The van der Waals surface area contributed by atoms with E-state index in [1.165, 1.54) is 0 Å². The lowest BCUT2D eigenvalue weighted by molar-refractivity contribution is -0.0521. The number of nitrogens with zero attached hydrogens (tertiary/aromatic N) is 2. The van der Waals surface area contributed by atoms with Crippen molar-refractivity contribution in [1.29, 1.82) is 0 Å². The third-order valence-electron chi connectivity index (χ3n) is 3.21. The van der Waals surface area contributed by atoms with E-state index in [9.17, 15) is 8.78 Å². The zero-order valence-corrected chi connectivity index (χ0v) is 13.3. The van der Waals surface area contributed by atoms with Gasteiger partial charge in [-0.25, -0.2) is 0 Å². The van der Waals surface area contributed by atoms with Crippen molar-refractivity contribution in [2.45, 2.75) is 26.5 Å². The Morgan fingerprint density at radius 2 is 2.13 bits per heavy atom. The van der Waals surface area contributed by atoms with Gasteiger partial charge in [0.05, 0.1) is 12.3 Å². The molecule has 0 aliphatic carbocycles. The van der Waals surface area contributed by atoms with Gasteiger partial charge in [0.2, 0.25) is 0 Å². The number of alkyl halides is 2. The normalized spacial score (nSPS) is 11.0. The fraction of sp³-hybridized carbons (Fsp3) is 0.438. The molecule has 2 aromatic rings. The largest absolute Gasteiger partial charge is 0.490 e. The fourth-order valence-corrected chi connectivity index (χ4v) is 2.23. The first-order valence-electron chi connectivity index (χ1n) is 7.49. The molecule has 1 aromatic carbocycles. The molecule has 0 saturated heterocycles. The van der Waals surface area contributed by atoms with Crippen LogP contribution in [0, 0.1) is 0 Å². The molecular formula is C16H21F2N3O2. The third-order valence-corrected chi connectivity index (χ3v) is 3.21. The van der Waals surface area contributed by atoms with E-state index < -0.39 is 6.61 Å². The molecule has 5 nitrogen and oxygen atoms in total. The van der Waals surface area contributed by atoms with Crippen molar-refractivity contribution in [3.8, 4) is 11.5 Å². The minimum Gasteiger partial charge on any atom is -0.490 e. The summed E-state index contributed by atoms with van der Waals surface area (Å²) in [6.45, 7) is 0.392.